The number of ether oxygens (including phenoxy) is 2. The summed E-state index contributed by atoms with van der Waals surface area (Å²) in [6.07, 6.45) is 2.59. The summed E-state index contributed by atoms with van der Waals surface area (Å²) in [5, 5.41) is 0. The Labute approximate surface area is 158 Å². The molecule has 2 rings (SSSR count). The Bertz CT molecular complexity index is 679. The molecule has 1 aliphatic heterocycles. The van der Waals surface area contributed by atoms with E-state index in [4.69, 9.17) is 4.74 Å². The predicted molar refractivity (Wildman–Crippen MR) is 94.8 cm³/mol. The van der Waals surface area contributed by atoms with Gasteiger partial charge in [-0.2, -0.15) is 8.78 Å². The fourth-order valence-corrected chi connectivity index (χ4v) is 2.71. The monoisotopic (exact) mass is 432 g/mol. The first kappa shape index (κ1) is 20.3. The zero-order valence-electron chi connectivity index (χ0n) is 14.2. The lowest BCUT2D eigenvalue weighted by molar-refractivity contribution is -0.140. The molecule has 9 heteroatoms. The van der Waals surface area contributed by atoms with E-state index in [0.29, 0.717) is 36.3 Å². The van der Waals surface area contributed by atoms with E-state index in [1.54, 1.807) is 17.0 Å². The predicted octanol–water partition coefficient (Wildman–Crippen LogP) is 2.38. The molecular weight excluding hydrogens is 414 g/mol. The SMILES string of the molecule is CN(CC(=O)N1CCOCC1)C(=O)/C=C/c1cc(Br)ccc1OC(F)F. The molecule has 0 atom stereocenters. The van der Waals surface area contributed by atoms with Crippen molar-refractivity contribution >= 4 is 33.8 Å². The molecule has 1 fully saturated rings. The molecule has 6 nitrogen and oxygen atoms in total. The first-order valence-corrected chi connectivity index (χ1v) is 8.69. The largest absolute Gasteiger partial charge is 0.434 e. The smallest absolute Gasteiger partial charge is 0.387 e. The number of amides is 2. The number of likely N-dealkylation sites (N-methyl/N-ethyl adjacent to an activating group) is 1. The van der Waals surface area contributed by atoms with Gasteiger partial charge in [-0.05, 0) is 24.3 Å². The maximum absolute atomic E-state index is 12.5. The molecule has 0 spiro atoms. The van der Waals surface area contributed by atoms with E-state index >= 15 is 0 Å². The van der Waals surface area contributed by atoms with Gasteiger partial charge in [-0.1, -0.05) is 15.9 Å². The molecule has 1 aromatic carbocycles. The Balaban J connectivity index is 1.99. The van der Waals surface area contributed by atoms with E-state index in [-0.39, 0.29) is 18.2 Å². The third kappa shape index (κ3) is 6.06. The molecule has 0 radical (unpaired) electrons. The number of halogens is 3. The third-order valence-corrected chi connectivity index (χ3v) is 4.20. The van der Waals surface area contributed by atoms with Gasteiger partial charge < -0.3 is 19.3 Å². The number of morpholine rings is 1. The molecule has 0 unspecified atom stereocenters. The summed E-state index contributed by atoms with van der Waals surface area (Å²) in [7, 11) is 1.50. The van der Waals surface area contributed by atoms with Gasteiger partial charge in [0.15, 0.2) is 0 Å². The van der Waals surface area contributed by atoms with Crippen LogP contribution in [0.2, 0.25) is 0 Å². The van der Waals surface area contributed by atoms with Crippen molar-refractivity contribution in [3.8, 4) is 5.75 Å². The molecule has 0 bridgehead atoms. The summed E-state index contributed by atoms with van der Waals surface area (Å²) >= 11 is 3.24. The van der Waals surface area contributed by atoms with E-state index in [1.165, 1.54) is 30.2 Å². The minimum absolute atomic E-state index is 0.0423. The Kier molecular flexibility index (Phi) is 7.52. The van der Waals surface area contributed by atoms with Gasteiger partial charge in [0.1, 0.15) is 5.75 Å². The van der Waals surface area contributed by atoms with Crippen LogP contribution in [-0.2, 0) is 14.3 Å². The summed E-state index contributed by atoms with van der Waals surface area (Å²) in [6.45, 7) is -1.06. The maximum Gasteiger partial charge on any atom is 0.387 e. The van der Waals surface area contributed by atoms with Gasteiger partial charge >= 0.3 is 6.61 Å². The van der Waals surface area contributed by atoms with Crippen LogP contribution in [0.3, 0.4) is 0 Å². The molecule has 0 aliphatic carbocycles. The summed E-state index contributed by atoms with van der Waals surface area (Å²) in [4.78, 5) is 27.2. The molecule has 1 aliphatic rings. The quantitative estimate of drug-likeness (QED) is 0.647. The lowest BCUT2D eigenvalue weighted by atomic mass is 10.2. The molecule has 1 saturated heterocycles. The first-order valence-electron chi connectivity index (χ1n) is 7.90. The highest BCUT2D eigenvalue weighted by Gasteiger charge is 2.19. The van der Waals surface area contributed by atoms with Crippen LogP contribution in [0.15, 0.2) is 28.7 Å². The van der Waals surface area contributed by atoms with Crippen LogP contribution in [0.1, 0.15) is 5.56 Å². The lowest BCUT2D eigenvalue weighted by Gasteiger charge is -2.28. The van der Waals surface area contributed by atoms with Crippen molar-refractivity contribution in [2.45, 2.75) is 6.61 Å². The maximum atomic E-state index is 12.5. The lowest BCUT2D eigenvalue weighted by Crippen LogP contribution is -2.45. The molecule has 0 aromatic heterocycles. The first-order chi connectivity index (χ1) is 12.4. The number of hydrogen-bond acceptors (Lipinski definition) is 4. The van der Waals surface area contributed by atoms with Crippen LogP contribution >= 0.6 is 15.9 Å². The van der Waals surface area contributed by atoms with E-state index in [9.17, 15) is 18.4 Å². The van der Waals surface area contributed by atoms with Crippen LogP contribution in [0.4, 0.5) is 8.78 Å². The number of carbonyl (C=O) groups is 2. The Morgan fingerprint density at radius 1 is 1.38 bits per heavy atom. The molecule has 0 saturated carbocycles. The highest BCUT2D eigenvalue weighted by molar-refractivity contribution is 9.10. The van der Waals surface area contributed by atoms with Gasteiger partial charge in [-0.3, -0.25) is 9.59 Å². The molecule has 0 N–H and O–H groups in total. The Morgan fingerprint density at radius 3 is 2.73 bits per heavy atom. The van der Waals surface area contributed by atoms with Gasteiger partial charge in [-0.25, -0.2) is 0 Å². The van der Waals surface area contributed by atoms with Crippen LogP contribution in [0.25, 0.3) is 6.08 Å². The fourth-order valence-electron chi connectivity index (χ4n) is 2.33. The van der Waals surface area contributed by atoms with Crippen molar-refractivity contribution in [2.75, 3.05) is 39.9 Å². The van der Waals surface area contributed by atoms with E-state index in [0.717, 1.165) is 0 Å². The van der Waals surface area contributed by atoms with Crippen molar-refractivity contribution in [2.24, 2.45) is 0 Å². The number of hydrogen-bond donors (Lipinski definition) is 0. The number of carbonyl (C=O) groups excluding carboxylic acids is 2. The van der Waals surface area contributed by atoms with Crippen molar-refractivity contribution < 1.29 is 27.8 Å². The molecule has 26 heavy (non-hydrogen) atoms. The van der Waals surface area contributed by atoms with Crippen molar-refractivity contribution in [1.29, 1.82) is 0 Å². The fraction of sp³-hybridized carbons (Fsp3) is 0.412. The molecular formula is C17H19BrF2N2O4. The number of rotatable bonds is 6. The second-order valence-corrected chi connectivity index (χ2v) is 6.50. The highest BCUT2D eigenvalue weighted by Crippen LogP contribution is 2.26. The molecule has 1 aromatic rings. The standard InChI is InChI=1S/C17H19BrF2N2O4/c1-21(11-16(24)22-6-8-25-9-7-22)15(23)5-2-12-10-13(18)3-4-14(12)26-17(19)20/h2-5,10,17H,6-9,11H2,1H3/b5-2+. The summed E-state index contributed by atoms with van der Waals surface area (Å²) in [5.74, 6) is -0.629. The normalized spacial score (nSPS) is 14.7. The summed E-state index contributed by atoms with van der Waals surface area (Å²) < 4.78 is 35.2. The zero-order valence-corrected chi connectivity index (χ0v) is 15.7. The summed E-state index contributed by atoms with van der Waals surface area (Å²) in [5.41, 5.74) is 0.320. The Hall–Kier alpha value is -2.00. The number of nitrogens with zero attached hydrogens (tertiary/aromatic N) is 2. The summed E-state index contributed by atoms with van der Waals surface area (Å²) in [6, 6.07) is 4.50. The second-order valence-electron chi connectivity index (χ2n) is 5.58. The topological polar surface area (TPSA) is 59.1 Å². The second kappa shape index (κ2) is 9.63. The van der Waals surface area contributed by atoms with Gasteiger partial charge in [0, 0.05) is 36.2 Å². The van der Waals surface area contributed by atoms with Crippen LogP contribution in [-0.4, -0.2) is 68.1 Å². The van der Waals surface area contributed by atoms with Crippen molar-refractivity contribution in [1.82, 2.24) is 9.80 Å². The third-order valence-electron chi connectivity index (χ3n) is 3.71. The van der Waals surface area contributed by atoms with Gasteiger partial charge in [0.05, 0.1) is 19.8 Å². The van der Waals surface area contributed by atoms with E-state index in [1.807, 2.05) is 0 Å². The van der Waals surface area contributed by atoms with Gasteiger partial charge in [0.25, 0.3) is 0 Å². The van der Waals surface area contributed by atoms with Crippen molar-refractivity contribution in [3.05, 3.63) is 34.3 Å². The number of benzene rings is 1. The molecule has 142 valence electrons. The van der Waals surface area contributed by atoms with Crippen molar-refractivity contribution in [3.63, 3.8) is 0 Å². The van der Waals surface area contributed by atoms with E-state index in [2.05, 4.69) is 20.7 Å². The van der Waals surface area contributed by atoms with Gasteiger partial charge in [-0.15, -0.1) is 0 Å². The zero-order chi connectivity index (χ0) is 19.1. The minimum Gasteiger partial charge on any atom is -0.434 e. The van der Waals surface area contributed by atoms with Crippen LogP contribution < -0.4 is 4.74 Å². The van der Waals surface area contributed by atoms with Gasteiger partial charge in [0.2, 0.25) is 11.8 Å². The van der Waals surface area contributed by atoms with E-state index < -0.39 is 12.5 Å². The molecule has 2 amide bonds. The molecule has 1 heterocycles. The number of alkyl halides is 2. The average molecular weight is 433 g/mol. The minimum atomic E-state index is -2.96. The van der Waals surface area contributed by atoms with Crippen LogP contribution in [0, 0.1) is 0 Å². The Morgan fingerprint density at radius 2 is 2.08 bits per heavy atom. The average Bonchev–Trinajstić information content (AvgIpc) is 2.61. The highest BCUT2D eigenvalue weighted by atomic mass is 79.9. The van der Waals surface area contributed by atoms with Crippen LogP contribution in [0.5, 0.6) is 5.75 Å².